The smallest absolute Gasteiger partial charge is 0.124 e. The normalized spacial score (nSPS) is 10.9. The average molecular weight is 432 g/mol. The second-order valence-corrected chi connectivity index (χ2v) is 7.83. The van der Waals surface area contributed by atoms with Gasteiger partial charge in [0.25, 0.3) is 0 Å². The van der Waals surface area contributed by atoms with Crippen molar-refractivity contribution in [3.05, 3.63) is 107 Å². The van der Waals surface area contributed by atoms with E-state index in [0.717, 1.165) is 41.6 Å². The average Bonchev–Trinajstić information content (AvgIpc) is 2.82. The highest BCUT2D eigenvalue weighted by Crippen LogP contribution is 2.29. The summed E-state index contributed by atoms with van der Waals surface area (Å²) in [4.78, 5) is 0. The quantitative estimate of drug-likeness (QED) is 0.310. The molecule has 1 N–H and O–H groups in total. The van der Waals surface area contributed by atoms with Crippen molar-refractivity contribution in [2.75, 3.05) is 13.7 Å². The first kappa shape index (κ1) is 21.2. The zero-order valence-corrected chi connectivity index (χ0v) is 18.4. The van der Waals surface area contributed by atoms with Gasteiger partial charge in [-0.1, -0.05) is 72.3 Å². The van der Waals surface area contributed by atoms with Gasteiger partial charge >= 0.3 is 0 Å². The number of methoxy groups -OCH3 is 1. The number of fused-ring (bicyclic) bond motifs is 1. The van der Waals surface area contributed by atoms with E-state index in [0.29, 0.717) is 6.61 Å². The number of ether oxygens (including phenoxy) is 2. The summed E-state index contributed by atoms with van der Waals surface area (Å²) in [6, 6.07) is 28.6. The molecule has 0 unspecified atom stereocenters. The van der Waals surface area contributed by atoms with Crippen LogP contribution in [0.5, 0.6) is 11.5 Å². The lowest BCUT2D eigenvalue weighted by Crippen LogP contribution is -2.17. The molecule has 4 rings (SSSR count). The van der Waals surface area contributed by atoms with Crippen molar-refractivity contribution in [1.82, 2.24) is 5.32 Å². The van der Waals surface area contributed by atoms with Gasteiger partial charge in [-0.25, -0.2) is 0 Å². The summed E-state index contributed by atoms with van der Waals surface area (Å²) in [5.74, 6) is 1.77. The predicted molar refractivity (Wildman–Crippen MR) is 128 cm³/mol. The number of halogens is 1. The standard InChI is InChI=1S/C27H26ClNO2/c1-30-23-13-10-20(11-14-23)16-17-29-18-25-24-8-4-2-6-21(24)12-15-27(25)31-19-22-7-3-5-9-26(22)28/h2-15,29H,16-19H2,1H3. The summed E-state index contributed by atoms with van der Waals surface area (Å²) in [6.45, 7) is 2.05. The van der Waals surface area contributed by atoms with Crippen LogP contribution >= 0.6 is 11.6 Å². The molecule has 0 bridgehead atoms. The van der Waals surface area contributed by atoms with Crippen molar-refractivity contribution < 1.29 is 9.47 Å². The molecule has 0 spiro atoms. The number of rotatable bonds is 9. The fourth-order valence-corrected chi connectivity index (χ4v) is 3.83. The SMILES string of the molecule is COc1ccc(CCNCc2c(OCc3ccccc3Cl)ccc3ccccc23)cc1. The van der Waals surface area contributed by atoms with Crippen molar-refractivity contribution in [2.45, 2.75) is 19.6 Å². The van der Waals surface area contributed by atoms with Crippen LogP contribution in [0.1, 0.15) is 16.7 Å². The summed E-state index contributed by atoms with van der Waals surface area (Å²) in [6.07, 6.45) is 0.949. The molecule has 0 aromatic heterocycles. The maximum absolute atomic E-state index is 6.30. The molecule has 4 aromatic carbocycles. The Kier molecular flexibility index (Phi) is 7.08. The summed E-state index contributed by atoms with van der Waals surface area (Å²) < 4.78 is 11.4. The van der Waals surface area contributed by atoms with Gasteiger partial charge in [-0.3, -0.25) is 0 Å². The first-order chi connectivity index (χ1) is 15.2. The second kappa shape index (κ2) is 10.3. The fraction of sp³-hybridized carbons (Fsp3) is 0.185. The molecular formula is C27H26ClNO2. The molecule has 0 radical (unpaired) electrons. The largest absolute Gasteiger partial charge is 0.497 e. The highest BCUT2D eigenvalue weighted by Gasteiger charge is 2.10. The summed E-state index contributed by atoms with van der Waals surface area (Å²) in [7, 11) is 1.69. The fourth-order valence-electron chi connectivity index (χ4n) is 3.64. The van der Waals surface area contributed by atoms with Crippen LogP contribution in [-0.4, -0.2) is 13.7 Å². The van der Waals surface area contributed by atoms with Gasteiger partial charge in [0.2, 0.25) is 0 Å². The topological polar surface area (TPSA) is 30.5 Å². The van der Waals surface area contributed by atoms with Crippen LogP contribution in [0.4, 0.5) is 0 Å². The van der Waals surface area contributed by atoms with Crippen LogP contribution < -0.4 is 14.8 Å². The Morgan fingerprint density at radius 3 is 2.42 bits per heavy atom. The van der Waals surface area contributed by atoms with Gasteiger partial charge in [-0.15, -0.1) is 0 Å². The van der Waals surface area contributed by atoms with Crippen LogP contribution in [0.25, 0.3) is 10.8 Å². The minimum Gasteiger partial charge on any atom is -0.497 e. The lowest BCUT2D eigenvalue weighted by Gasteiger charge is -2.16. The Bertz CT molecular complexity index is 1140. The highest BCUT2D eigenvalue weighted by molar-refractivity contribution is 6.31. The molecule has 31 heavy (non-hydrogen) atoms. The predicted octanol–water partition coefficient (Wildman–Crippen LogP) is 6.41. The summed E-state index contributed by atoms with van der Waals surface area (Å²) in [5.41, 5.74) is 3.43. The highest BCUT2D eigenvalue weighted by atomic mass is 35.5. The molecule has 0 heterocycles. The molecule has 4 heteroatoms. The zero-order chi connectivity index (χ0) is 21.5. The minimum absolute atomic E-state index is 0.441. The Morgan fingerprint density at radius 2 is 1.61 bits per heavy atom. The van der Waals surface area contributed by atoms with Gasteiger partial charge in [0.1, 0.15) is 18.1 Å². The van der Waals surface area contributed by atoms with Gasteiger partial charge < -0.3 is 14.8 Å². The number of nitrogens with one attached hydrogen (secondary N) is 1. The maximum atomic E-state index is 6.30. The molecule has 0 aliphatic heterocycles. The molecule has 0 aliphatic carbocycles. The molecule has 0 saturated heterocycles. The van der Waals surface area contributed by atoms with Crippen LogP contribution in [-0.2, 0) is 19.6 Å². The molecule has 158 valence electrons. The first-order valence-corrected chi connectivity index (χ1v) is 10.8. The van der Waals surface area contributed by atoms with Crippen molar-refractivity contribution in [2.24, 2.45) is 0 Å². The number of hydrogen-bond acceptors (Lipinski definition) is 3. The third-order valence-corrected chi connectivity index (χ3v) is 5.76. The Labute approximate surface area is 188 Å². The number of hydrogen-bond donors (Lipinski definition) is 1. The molecule has 3 nitrogen and oxygen atoms in total. The third kappa shape index (κ3) is 5.38. The van der Waals surface area contributed by atoms with Crippen LogP contribution in [0, 0.1) is 0 Å². The molecule has 0 saturated carbocycles. The zero-order valence-electron chi connectivity index (χ0n) is 17.6. The summed E-state index contributed by atoms with van der Waals surface area (Å²) >= 11 is 6.30. The van der Waals surface area contributed by atoms with Crippen LogP contribution in [0.15, 0.2) is 84.9 Å². The van der Waals surface area contributed by atoms with Crippen molar-refractivity contribution in [1.29, 1.82) is 0 Å². The van der Waals surface area contributed by atoms with E-state index < -0.39 is 0 Å². The van der Waals surface area contributed by atoms with E-state index in [1.54, 1.807) is 7.11 Å². The molecule has 0 fully saturated rings. The van der Waals surface area contributed by atoms with Crippen LogP contribution in [0.3, 0.4) is 0 Å². The minimum atomic E-state index is 0.441. The van der Waals surface area contributed by atoms with E-state index in [1.807, 2.05) is 36.4 Å². The lowest BCUT2D eigenvalue weighted by atomic mass is 10.0. The van der Waals surface area contributed by atoms with E-state index in [2.05, 4.69) is 53.8 Å². The van der Waals surface area contributed by atoms with Gasteiger partial charge in [0, 0.05) is 22.7 Å². The van der Waals surface area contributed by atoms with E-state index in [9.17, 15) is 0 Å². The monoisotopic (exact) mass is 431 g/mol. The van der Waals surface area contributed by atoms with Gasteiger partial charge in [0.05, 0.1) is 7.11 Å². The van der Waals surface area contributed by atoms with E-state index in [4.69, 9.17) is 21.1 Å². The van der Waals surface area contributed by atoms with Crippen molar-refractivity contribution in [3.63, 3.8) is 0 Å². The molecule has 0 atom stereocenters. The molecule has 0 aliphatic rings. The molecule has 0 amide bonds. The first-order valence-electron chi connectivity index (χ1n) is 10.4. The van der Waals surface area contributed by atoms with Crippen molar-refractivity contribution in [3.8, 4) is 11.5 Å². The van der Waals surface area contributed by atoms with Gasteiger partial charge in [-0.2, -0.15) is 0 Å². The maximum Gasteiger partial charge on any atom is 0.124 e. The van der Waals surface area contributed by atoms with E-state index >= 15 is 0 Å². The summed E-state index contributed by atoms with van der Waals surface area (Å²) in [5, 5.41) is 6.72. The second-order valence-electron chi connectivity index (χ2n) is 7.42. The number of benzene rings is 4. The van der Waals surface area contributed by atoms with Gasteiger partial charge in [-0.05, 0) is 53.6 Å². The Balaban J connectivity index is 1.46. The Morgan fingerprint density at radius 1 is 0.839 bits per heavy atom. The van der Waals surface area contributed by atoms with Crippen molar-refractivity contribution >= 4 is 22.4 Å². The van der Waals surface area contributed by atoms with Crippen LogP contribution in [0.2, 0.25) is 5.02 Å². The molecule has 4 aromatic rings. The Hall–Kier alpha value is -3.01. The molecular weight excluding hydrogens is 406 g/mol. The third-order valence-electron chi connectivity index (χ3n) is 5.39. The van der Waals surface area contributed by atoms with E-state index in [-0.39, 0.29) is 0 Å². The van der Waals surface area contributed by atoms with Gasteiger partial charge in [0.15, 0.2) is 0 Å². The van der Waals surface area contributed by atoms with E-state index in [1.165, 1.54) is 21.9 Å². The lowest BCUT2D eigenvalue weighted by molar-refractivity contribution is 0.303.